The summed E-state index contributed by atoms with van der Waals surface area (Å²) >= 11 is 0. The third kappa shape index (κ3) is 5.88. The minimum Gasteiger partial charge on any atom is -0.466 e. The number of esters is 1. The molecule has 0 aliphatic heterocycles. The Morgan fingerprint density at radius 1 is 1.12 bits per heavy atom. The molecule has 0 heterocycles. The summed E-state index contributed by atoms with van der Waals surface area (Å²) in [5, 5.41) is 2.32. The van der Waals surface area contributed by atoms with Gasteiger partial charge in [-0.3, -0.25) is 0 Å². The number of carbonyl (C=O) groups excluding carboxylic acids is 2. The molecule has 0 aliphatic carbocycles. The third-order valence-corrected chi connectivity index (χ3v) is 8.19. The molecular weight excluding hydrogens is 348 g/mol. The Morgan fingerprint density at radius 2 is 1.77 bits per heavy atom. The van der Waals surface area contributed by atoms with Crippen molar-refractivity contribution in [2.24, 2.45) is 0 Å². The van der Waals surface area contributed by atoms with Crippen molar-refractivity contribution in [1.82, 2.24) is 0 Å². The van der Waals surface area contributed by atoms with E-state index in [0.29, 0.717) is 24.8 Å². The van der Waals surface area contributed by atoms with Gasteiger partial charge in [0.25, 0.3) is 0 Å². The van der Waals surface area contributed by atoms with E-state index in [1.807, 2.05) is 18.2 Å². The predicted octanol–water partition coefficient (Wildman–Crippen LogP) is 3.75. The second kappa shape index (κ2) is 10.6. The lowest BCUT2D eigenvalue weighted by molar-refractivity contribution is -0.136. The summed E-state index contributed by atoms with van der Waals surface area (Å²) in [5.74, 6) is -0.328. The van der Waals surface area contributed by atoms with Gasteiger partial charge in [-0.2, -0.15) is 0 Å². The lowest BCUT2D eigenvalue weighted by atomic mass is 10.1. The van der Waals surface area contributed by atoms with Crippen LogP contribution in [0.25, 0.3) is 0 Å². The molecule has 0 saturated carbocycles. The van der Waals surface area contributed by atoms with Gasteiger partial charge in [0, 0.05) is 5.57 Å². The van der Waals surface area contributed by atoms with Crippen molar-refractivity contribution in [3.05, 3.63) is 53.8 Å². The maximum Gasteiger partial charge on any atom is 0.507 e. The van der Waals surface area contributed by atoms with Gasteiger partial charge in [0.05, 0.1) is 20.8 Å². The maximum atomic E-state index is 12.4. The number of rotatable bonds is 9. The first-order chi connectivity index (χ1) is 12.4. The molecule has 0 bridgehead atoms. The number of allylic oxidation sites excluding steroid dienone is 2. The average Bonchev–Trinajstić information content (AvgIpc) is 2.66. The zero-order chi connectivity index (χ0) is 19.6. The van der Waals surface area contributed by atoms with Gasteiger partial charge in [-0.1, -0.05) is 59.9 Å². The number of ether oxygens (including phenoxy) is 3. The second-order valence-electron chi connectivity index (χ2n) is 6.34. The van der Waals surface area contributed by atoms with Crippen LogP contribution < -0.4 is 5.19 Å². The van der Waals surface area contributed by atoms with E-state index < -0.39 is 14.2 Å². The van der Waals surface area contributed by atoms with Crippen LogP contribution in [0.5, 0.6) is 0 Å². The molecule has 0 N–H and O–H groups in total. The van der Waals surface area contributed by atoms with Crippen molar-refractivity contribution in [1.29, 1.82) is 0 Å². The van der Waals surface area contributed by atoms with Gasteiger partial charge in [0.1, 0.15) is 8.07 Å². The van der Waals surface area contributed by atoms with Gasteiger partial charge in [0.15, 0.2) is 0 Å². The summed E-state index contributed by atoms with van der Waals surface area (Å²) in [4.78, 5) is 23.5. The maximum absolute atomic E-state index is 12.4. The van der Waals surface area contributed by atoms with Gasteiger partial charge < -0.3 is 14.2 Å². The monoisotopic (exact) mass is 376 g/mol. The molecule has 26 heavy (non-hydrogen) atoms. The highest BCUT2D eigenvalue weighted by Crippen LogP contribution is 2.27. The molecule has 0 aromatic heterocycles. The van der Waals surface area contributed by atoms with Crippen molar-refractivity contribution < 1.29 is 23.8 Å². The van der Waals surface area contributed by atoms with Crippen LogP contribution >= 0.6 is 0 Å². The molecule has 0 amide bonds. The fourth-order valence-corrected chi connectivity index (χ4v) is 6.06. The Morgan fingerprint density at radius 3 is 2.31 bits per heavy atom. The summed E-state index contributed by atoms with van der Waals surface area (Å²) in [6.07, 6.45) is 2.71. The van der Waals surface area contributed by atoms with Crippen molar-refractivity contribution in [3.63, 3.8) is 0 Å². The molecular formula is C20H28O5Si. The van der Waals surface area contributed by atoms with Gasteiger partial charge in [-0.25, -0.2) is 9.59 Å². The average molecular weight is 377 g/mol. The molecule has 0 fully saturated rings. The van der Waals surface area contributed by atoms with E-state index in [2.05, 4.69) is 36.5 Å². The molecule has 0 spiro atoms. The first-order valence-electron chi connectivity index (χ1n) is 8.56. The molecule has 0 saturated heterocycles. The van der Waals surface area contributed by atoms with Crippen LogP contribution in [0.3, 0.4) is 0 Å². The molecule has 0 radical (unpaired) electrons. The van der Waals surface area contributed by atoms with Crippen LogP contribution in [-0.2, 0) is 19.0 Å². The van der Waals surface area contributed by atoms with Gasteiger partial charge in [-0.05, 0) is 19.3 Å². The van der Waals surface area contributed by atoms with Crippen LogP contribution in [0.1, 0.15) is 19.3 Å². The fraction of sp³-hybridized carbons (Fsp3) is 0.400. The highest BCUT2D eigenvalue weighted by molar-refractivity contribution is 6.96. The van der Waals surface area contributed by atoms with E-state index in [1.165, 1.54) is 19.4 Å². The van der Waals surface area contributed by atoms with Crippen molar-refractivity contribution in [2.75, 3.05) is 20.8 Å². The van der Waals surface area contributed by atoms with Gasteiger partial charge in [0.2, 0.25) is 0 Å². The summed E-state index contributed by atoms with van der Waals surface area (Å²) in [6, 6.07) is 10.2. The second-order valence-corrected chi connectivity index (χ2v) is 10.8. The van der Waals surface area contributed by atoms with Crippen LogP contribution in [-0.4, -0.2) is 41.0 Å². The standard InChI is InChI=1S/C20H28O5Si/c1-6-11-17(19(21)23-2)18(14-10-15-25-20(22)24-3)26(4,5)16-12-8-7-9-13-16/h6-9,12-13H,1,10-11,14-15H2,2-5H3/b18-17-. The highest BCUT2D eigenvalue weighted by atomic mass is 28.3. The summed E-state index contributed by atoms with van der Waals surface area (Å²) in [6.45, 7) is 8.43. The molecule has 0 aliphatic rings. The van der Waals surface area contributed by atoms with E-state index in [-0.39, 0.29) is 12.6 Å². The largest absolute Gasteiger partial charge is 0.507 e. The van der Waals surface area contributed by atoms with Gasteiger partial charge in [-0.15, -0.1) is 6.58 Å². The highest BCUT2D eigenvalue weighted by Gasteiger charge is 2.32. The normalized spacial score (nSPS) is 12.0. The zero-order valence-corrected chi connectivity index (χ0v) is 17.0. The Hall–Kier alpha value is -2.34. The van der Waals surface area contributed by atoms with E-state index in [4.69, 9.17) is 9.47 Å². The molecule has 142 valence electrons. The minimum absolute atomic E-state index is 0.234. The molecule has 1 aromatic rings. The van der Waals surface area contributed by atoms with Crippen LogP contribution in [0.15, 0.2) is 53.8 Å². The Bertz CT molecular complexity index is 649. The molecule has 1 rings (SSSR count). The van der Waals surface area contributed by atoms with E-state index >= 15 is 0 Å². The SMILES string of the molecule is C=CC/C(C(=O)OC)=C(\CCCOC(=O)OC)[Si](C)(C)c1ccccc1. The lowest BCUT2D eigenvalue weighted by Crippen LogP contribution is -2.45. The number of methoxy groups -OCH3 is 2. The quantitative estimate of drug-likeness (QED) is 0.216. The van der Waals surface area contributed by atoms with Crippen molar-refractivity contribution >= 4 is 25.4 Å². The minimum atomic E-state index is -2.11. The zero-order valence-electron chi connectivity index (χ0n) is 16.0. The van der Waals surface area contributed by atoms with Crippen molar-refractivity contribution in [2.45, 2.75) is 32.4 Å². The first kappa shape index (κ1) is 21.7. The number of hydrogen-bond acceptors (Lipinski definition) is 5. The molecule has 0 unspecified atom stereocenters. The fourth-order valence-electron chi connectivity index (χ4n) is 2.93. The topological polar surface area (TPSA) is 61.8 Å². The summed E-state index contributed by atoms with van der Waals surface area (Å²) in [5.41, 5.74) is 0.654. The predicted molar refractivity (Wildman–Crippen MR) is 105 cm³/mol. The third-order valence-electron chi connectivity index (χ3n) is 4.35. The van der Waals surface area contributed by atoms with Crippen molar-refractivity contribution in [3.8, 4) is 0 Å². The molecule has 5 nitrogen and oxygen atoms in total. The van der Waals surface area contributed by atoms with Crippen LogP contribution in [0, 0.1) is 0 Å². The van der Waals surface area contributed by atoms with E-state index in [1.54, 1.807) is 6.08 Å². The van der Waals surface area contributed by atoms with E-state index in [9.17, 15) is 9.59 Å². The van der Waals surface area contributed by atoms with Crippen LogP contribution in [0.4, 0.5) is 4.79 Å². The Balaban J connectivity index is 3.21. The number of carbonyl (C=O) groups is 2. The Kier molecular flexibility index (Phi) is 8.85. The molecule has 0 atom stereocenters. The number of benzene rings is 1. The Labute approximate surface area is 156 Å². The van der Waals surface area contributed by atoms with E-state index in [0.717, 1.165) is 5.20 Å². The smallest absolute Gasteiger partial charge is 0.466 e. The molecule has 1 aromatic carbocycles. The summed E-state index contributed by atoms with van der Waals surface area (Å²) < 4.78 is 14.5. The summed E-state index contributed by atoms with van der Waals surface area (Å²) in [7, 11) is 0.551. The first-order valence-corrected chi connectivity index (χ1v) is 11.6. The lowest BCUT2D eigenvalue weighted by Gasteiger charge is -2.29. The molecule has 6 heteroatoms. The number of hydrogen-bond donors (Lipinski definition) is 0. The van der Waals surface area contributed by atoms with Crippen LogP contribution in [0.2, 0.25) is 13.1 Å². The van der Waals surface area contributed by atoms with Gasteiger partial charge >= 0.3 is 12.1 Å².